The van der Waals surface area contributed by atoms with Crippen LogP contribution in [0.25, 0.3) is 0 Å². The molecule has 0 aliphatic heterocycles. The molecule has 0 unspecified atom stereocenters. The summed E-state index contributed by atoms with van der Waals surface area (Å²) in [6.07, 6.45) is 0.738. The van der Waals surface area contributed by atoms with Crippen molar-refractivity contribution in [3.05, 3.63) is 33.3 Å². The van der Waals surface area contributed by atoms with Crippen LogP contribution in [-0.4, -0.2) is 24.1 Å². The van der Waals surface area contributed by atoms with Gasteiger partial charge in [-0.3, -0.25) is 0 Å². The summed E-state index contributed by atoms with van der Waals surface area (Å²) in [7, 11) is 0. The van der Waals surface area contributed by atoms with Gasteiger partial charge in [0.25, 0.3) is 0 Å². The molecule has 1 aromatic rings. The summed E-state index contributed by atoms with van der Waals surface area (Å²) in [4.78, 5) is 24.4. The molecule has 0 aliphatic carbocycles. The third-order valence-electron chi connectivity index (χ3n) is 2.68. The molecule has 0 N–H and O–H groups in total. The van der Waals surface area contributed by atoms with Crippen molar-refractivity contribution < 1.29 is 19.1 Å². The number of hydrogen-bond acceptors (Lipinski definition) is 4. The van der Waals surface area contributed by atoms with Crippen molar-refractivity contribution in [2.45, 2.75) is 46.6 Å². The van der Waals surface area contributed by atoms with Gasteiger partial charge in [-0.1, -0.05) is 22.9 Å². The molecule has 0 aliphatic rings. The molecule has 0 saturated heterocycles. The molecule has 0 radical (unpaired) electrons. The Labute approximate surface area is 133 Å². The zero-order chi connectivity index (χ0) is 16.2. The quantitative estimate of drug-likeness (QED) is 0.760. The lowest BCUT2D eigenvalue weighted by atomic mass is 10.0. The van der Waals surface area contributed by atoms with E-state index in [0.717, 1.165) is 16.5 Å². The summed E-state index contributed by atoms with van der Waals surface area (Å²) < 4.78 is 11.2. The van der Waals surface area contributed by atoms with E-state index in [1.807, 2.05) is 6.92 Å². The van der Waals surface area contributed by atoms with Crippen molar-refractivity contribution >= 4 is 27.9 Å². The minimum atomic E-state index is -0.626. The molecule has 0 fully saturated rings. The Morgan fingerprint density at radius 2 is 1.67 bits per heavy atom. The van der Waals surface area contributed by atoms with E-state index in [-0.39, 0.29) is 17.7 Å². The van der Waals surface area contributed by atoms with E-state index >= 15 is 0 Å². The highest BCUT2D eigenvalue weighted by Crippen LogP contribution is 2.25. The second-order valence-electron chi connectivity index (χ2n) is 5.57. The zero-order valence-electron chi connectivity index (χ0n) is 13.1. The topological polar surface area (TPSA) is 52.6 Å². The number of aryl methyl sites for hydroxylation is 1. The number of carbonyl (C=O) groups is 2. The largest absolute Gasteiger partial charge is 0.462 e. The van der Waals surface area contributed by atoms with Crippen LogP contribution in [0.3, 0.4) is 0 Å². The summed E-state index contributed by atoms with van der Waals surface area (Å²) in [5.74, 6) is -1.05. The van der Waals surface area contributed by atoms with Crippen molar-refractivity contribution in [1.82, 2.24) is 0 Å². The van der Waals surface area contributed by atoms with E-state index in [1.54, 1.807) is 39.8 Å². The summed E-state index contributed by atoms with van der Waals surface area (Å²) in [5.41, 5.74) is 0.766. The van der Waals surface area contributed by atoms with E-state index < -0.39 is 17.5 Å². The molecule has 0 amide bonds. The van der Waals surface area contributed by atoms with Crippen LogP contribution in [0.4, 0.5) is 0 Å². The van der Waals surface area contributed by atoms with E-state index in [9.17, 15) is 9.59 Å². The molecule has 1 aromatic carbocycles. The van der Waals surface area contributed by atoms with Crippen LogP contribution in [-0.2, 0) is 15.9 Å². The number of halogens is 1. The first-order valence-electron chi connectivity index (χ1n) is 6.92. The second kappa shape index (κ2) is 7.07. The molecule has 0 spiro atoms. The third kappa shape index (κ3) is 4.84. The Hall–Kier alpha value is -1.36. The van der Waals surface area contributed by atoms with Gasteiger partial charge in [0.2, 0.25) is 0 Å². The van der Waals surface area contributed by atoms with Crippen molar-refractivity contribution in [3.8, 4) is 0 Å². The van der Waals surface area contributed by atoms with Gasteiger partial charge in [0.1, 0.15) is 5.60 Å². The van der Waals surface area contributed by atoms with Gasteiger partial charge >= 0.3 is 11.9 Å². The average molecular weight is 357 g/mol. The van der Waals surface area contributed by atoms with Gasteiger partial charge in [0, 0.05) is 4.47 Å². The minimum absolute atomic E-state index is 0.215. The molecular formula is C16H21BrO4. The number of esters is 2. The lowest BCUT2D eigenvalue weighted by Crippen LogP contribution is -2.25. The minimum Gasteiger partial charge on any atom is -0.462 e. The highest BCUT2D eigenvalue weighted by Gasteiger charge is 2.25. The van der Waals surface area contributed by atoms with Crippen molar-refractivity contribution in [1.29, 1.82) is 0 Å². The van der Waals surface area contributed by atoms with Crippen LogP contribution in [0.15, 0.2) is 16.6 Å². The van der Waals surface area contributed by atoms with Crippen LogP contribution < -0.4 is 0 Å². The first-order chi connectivity index (χ1) is 9.69. The zero-order valence-corrected chi connectivity index (χ0v) is 14.7. The van der Waals surface area contributed by atoms with Gasteiger partial charge in [0.15, 0.2) is 0 Å². The second-order valence-corrected chi connectivity index (χ2v) is 6.42. The van der Waals surface area contributed by atoms with E-state index in [0.29, 0.717) is 0 Å². The van der Waals surface area contributed by atoms with Gasteiger partial charge in [-0.2, -0.15) is 0 Å². The Kier molecular flexibility index (Phi) is 5.96. The van der Waals surface area contributed by atoms with Crippen molar-refractivity contribution in [2.24, 2.45) is 0 Å². The standard InChI is InChI=1S/C16H21BrO4/c1-6-10-8-11(14(18)20-7-2)12(9-13(10)17)15(19)21-16(3,4)5/h8-9H,6-7H2,1-5H3. The lowest BCUT2D eigenvalue weighted by Gasteiger charge is -2.21. The van der Waals surface area contributed by atoms with Gasteiger partial charge in [-0.25, -0.2) is 9.59 Å². The van der Waals surface area contributed by atoms with E-state index in [2.05, 4.69) is 15.9 Å². The Morgan fingerprint density at radius 1 is 1.10 bits per heavy atom. The van der Waals surface area contributed by atoms with Crippen molar-refractivity contribution in [3.63, 3.8) is 0 Å². The molecule has 0 saturated carbocycles. The number of ether oxygens (including phenoxy) is 2. The Balaban J connectivity index is 3.31. The van der Waals surface area contributed by atoms with Gasteiger partial charge < -0.3 is 9.47 Å². The maximum atomic E-state index is 12.3. The number of hydrogen-bond donors (Lipinski definition) is 0. The predicted molar refractivity (Wildman–Crippen MR) is 84.6 cm³/mol. The molecule has 4 nitrogen and oxygen atoms in total. The van der Waals surface area contributed by atoms with Crippen LogP contribution in [0, 0.1) is 0 Å². The smallest absolute Gasteiger partial charge is 0.339 e. The summed E-state index contributed by atoms with van der Waals surface area (Å²) >= 11 is 3.42. The molecular weight excluding hydrogens is 336 g/mol. The highest BCUT2D eigenvalue weighted by atomic mass is 79.9. The number of rotatable bonds is 4. The monoisotopic (exact) mass is 356 g/mol. The van der Waals surface area contributed by atoms with Gasteiger partial charge in [-0.05, 0) is 51.8 Å². The number of carbonyl (C=O) groups excluding carboxylic acids is 2. The molecule has 0 heterocycles. The first kappa shape index (κ1) is 17.7. The highest BCUT2D eigenvalue weighted by molar-refractivity contribution is 9.10. The fraction of sp³-hybridized carbons (Fsp3) is 0.500. The predicted octanol–water partition coefficient (Wildman–Crippen LogP) is 4.14. The van der Waals surface area contributed by atoms with Crippen LogP contribution >= 0.6 is 15.9 Å². The third-order valence-corrected chi connectivity index (χ3v) is 3.42. The molecule has 0 atom stereocenters. The summed E-state index contributed by atoms with van der Waals surface area (Å²) in [6.45, 7) is 9.30. The van der Waals surface area contributed by atoms with Crippen LogP contribution in [0.5, 0.6) is 0 Å². The summed E-state index contributed by atoms with van der Waals surface area (Å²) in [6, 6.07) is 3.31. The molecule has 5 heteroatoms. The summed E-state index contributed by atoms with van der Waals surface area (Å²) in [5, 5.41) is 0. The normalized spacial score (nSPS) is 11.1. The van der Waals surface area contributed by atoms with E-state index in [4.69, 9.17) is 9.47 Å². The van der Waals surface area contributed by atoms with Crippen molar-refractivity contribution in [2.75, 3.05) is 6.61 Å². The maximum Gasteiger partial charge on any atom is 0.339 e. The average Bonchev–Trinajstić information content (AvgIpc) is 2.36. The Bertz CT molecular complexity index is 544. The molecule has 116 valence electrons. The van der Waals surface area contributed by atoms with Crippen LogP contribution in [0.1, 0.15) is 60.9 Å². The van der Waals surface area contributed by atoms with Gasteiger partial charge in [-0.15, -0.1) is 0 Å². The van der Waals surface area contributed by atoms with Gasteiger partial charge in [0.05, 0.1) is 17.7 Å². The molecule has 21 heavy (non-hydrogen) atoms. The lowest BCUT2D eigenvalue weighted by molar-refractivity contribution is 0.00642. The molecule has 0 aromatic heterocycles. The fourth-order valence-electron chi connectivity index (χ4n) is 1.77. The fourth-order valence-corrected chi connectivity index (χ4v) is 2.39. The number of benzene rings is 1. The van der Waals surface area contributed by atoms with E-state index in [1.165, 1.54) is 0 Å². The first-order valence-corrected chi connectivity index (χ1v) is 7.71. The molecule has 1 rings (SSSR count). The SMILES string of the molecule is CCOC(=O)c1cc(CC)c(Br)cc1C(=O)OC(C)(C)C. The molecule has 0 bridgehead atoms. The Morgan fingerprint density at radius 3 is 2.14 bits per heavy atom. The maximum absolute atomic E-state index is 12.3. The van der Waals surface area contributed by atoms with Crippen LogP contribution in [0.2, 0.25) is 0 Å².